The maximum absolute atomic E-state index is 5.61. The highest BCUT2D eigenvalue weighted by molar-refractivity contribution is 7.20. The Morgan fingerprint density at radius 3 is 3.00 bits per heavy atom. The van der Waals surface area contributed by atoms with Gasteiger partial charge in [-0.15, -0.1) is 11.3 Å². The molecule has 2 fully saturated rings. The zero-order chi connectivity index (χ0) is 21.1. The number of nitrogens with zero attached hydrogens (tertiary/aromatic N) is 4. The number of aromatic nitrogens is 4. The van der Waals surface area contributed by atoms with Crippen LogP contribution in [0, 0.1) is 11.8 Å². The lowest BCUT2D eigenvalue weighted by molar-refractivity contribution is 0.122. The van der Waals surface area contributed by atoms with Gasteiger partial charge in [-0.1, -0.05) is 18.2 Å². The molecular formula is C25H23N5OS. The summed E-state index contributed by atoms with van der Waals surface area (Å²) < 4.78 is 6.78. The maximum atomic E-state index is 5.61. The molecule has 1 saturated carbocycles. The summed E-state index contributed by atoms with van der Waals surface area (Å²) >= 11 is 1.83. The fourth-order valence-corrected chi connectivity index (χ4v) is 5.93. The van der Waals surface area contributed by atoms with Crippen molar-refractivity contribution in [2.75, 3.05) is 31.2 Å². The van der Waals surface area contributed by atoms with Gasteiger partial charge in [0, 0.05) is 41.3 Å². The zero-order valence-corrected chi connectivity index (χ0v) is 18.4. The largest absolute Gasteiger partial charge is 0.378 e. The summed E-state index contributed by atoms with van der Waals surface area (Å²) in [5.41, 5.74) is 4.28. The van der Waals surface area contributed by atoms with E-state index in [1.54, 1.807) is 0 Å². The van der Waals surface area contributed by atoms with Crippen molar-refractivity contribution in [2.45, 2.75) is 12.8 Å². The predicted molar refractivity (Wildman–Crippen MR) is 129 cm³/mol. The third kappa shape index (κ3) is 3.15. The molecule has 1 aliphatic heterocycles. The number of aromatic amines is 1. The molecule has 2 aliphatic carbocycles. The van der Waals surface area contributed by atoms with E-state index in [2.05, 4.69) is 45.2 Å². The van der Waals surface area contributed by atoms with E-state index >= 15 is 0 Å². The van der Waals surface area contributed by atoms with E-state index in [0.717, 1.165) is 72.4 Å². The van der Waals surface area contributed by atoms with Crippen LogP contribution < -0.4 is 4.90 Å². The van der Waals surface area contributed by atoms with E-state index in [1.807, 2.05) is 29.8 Å². The minimum atomic E-state index is 0.716. The Labute approximate surface area is 189 Å². The topological polar surface area (TPSA) is 66.9 Å². The summed E-state index contributed by atoms with van der Waals surface area (Å²) in [4.78, 5) is 21.5. The number of rotatable bonds is 3. The Kier molecular flexibility index (Phi) is 4.20. The molecule has 2 atom stereocenters. The number of nitrogens with one attached hydrogen (secondary N) is 1. The van der Waals surface area contributed by atoms with Gasteiger partial charge in [-0.3, -0.25) is 0 Å². The lowest BCUT2D eigenvalue weighted by Gasteiger charge is -2.28. The predicted octanol–water partition coefficient (Wildman–Crippen LogP) is 5.05. The van der Waals surface area contributed by atoms with Crippen LogP contribution in [0.3, 0.4) is 0 Å². The molecule has 0 amide bonds. The van der Waals surface area contributed by atoms with E-state index in [-0.39, 0.29) is 0 Å². The van der Waals surface area contributed by atoms with Crippen molar-refractivity contribution in [3.05, 3.63) is 53.7 Å². The molecule has 6 nitrogen and oxygen atoms in total. The Morgan fingerprint density at radius 2 is 2.06 bits per heavy atom. The fraction of sp³-hybridized carbons (Fsp3) is 0.320. The number of H-pyrrole nitrogens is 1. The second-order valence-corrected chi connectivity index (χ2v) is 9.87. The quantitative estimate of drug-likeness (QED) is 0.451. The third-order valence-corrected chi connectivity index (χ3v) is 7.86. The summed E-state index contributed by atoms with van der Waals surface area (Å²) in [7, 11) is 0. The van der Waals surface area contributed by atoms with Crippen LogP contribution in [0.1, 0.15) is 17.7 Å². The first-order valence-corrected chi connectivity index (χ1v) is 12.1. The normalized spacial score (nSPS) is 22.8. The van der Waals surface area contributed by atoms with E-state index in [4.69, 9.17) is 14.7 Å². The molecule has 5 heterocycles. The van der Waals surface area contributed by atoms with Gasteiger partial charge in [0.1, 0.15) is 5.65 Å². The van der Waals surface area contributed by atoms with Gasteiger partial charge < -0.3 is 14.6 Å². The first kappa shape index (κ1) is 18.5. The third-order valence-electron chi connectivity index (χ3n) is 6.67. The molecule has 0 radical (unpaired) electrons. The standard InChI is InChI=1S/C25H23N5OS/c1-2-15-10-18(15)11-16(3-1)21-13-20-22(32-21)25(30-6-8-31-9-7-30)29-24(28-20)19-12-17-4-5-26-23(17)27-14-19/h1-2,4-5,11-15,18H,3,6-10H2,(H,26,27). The van der Waals surface area contributed by atoms with Crippen molar-refractivity contribution in [1.29, 1.82) is 0 Å². The van der Waals surface area contributed by atoms with Gasteiger partial charge in [0.25, 0.3) is 0 Å². The van der Waals surface area contributed by atoms with Crippen LogP contribution >= 0.6 is 11.3 Å². The van der Waals surface area contributed by atoms with Gasteiger partial charge in [0.05, 0.1) is 23.4 Å². The smallest absolute Gasteiger partial charge is 0.163 e. The second kappa shape index (κ2) is 7.25. The van der Waals surface area contributed by atoms with E-state index < -0.39 is 0 Å². The number of fused-ring (bicyclic) bond motifs is 3. The molecule has 3 aliphatic rings. The number of hydrogen-bond acceptors (Lipinski definition) is 6. The number of thiophene rings is 1. The molecule has 0 spiro atoms. The lowest BCUT2D eigenvalue weighted by atomic mass is 10.1. The summed E-state index contributed by atoms with van der Waals surface area (Å²) in [6.45, 7) is 3.16. The van der Waals surface area contributed by atoms with Gasteiger partial charge in [-0.2, -0.15) is 0 Å². The summed E-state index contributed by atoms with van der Waals surface area (Å²) in [5, 5.41) is 1.07. The number of allylic oxidation sites excluding steroid dienone is 4. The molecule has 1 saturated heterocycles. The van der Waals surface area contributed by atoms with Gasteiger partial charge in [0.15, 0.2) is 11.6 Å². The van der Waals surface area contributed by atoms with Crippen LogP contribution in [0.15, 0.2) is 48.8 Å². The average molecular weight is 442 g/mol. The molecule has 4 aromatic rings. The molecule has 7 rings (SSSR count). The Hall–Kier alpha value is -3.03. The number of ether oxygens (including phenoxy) is 1. The zero-order valence-electron chi connectivity index (χ0n) is 17.6. The van der Waals surface area contributed by atoms with Crippen molar-refractivity contribution < 1.29 is 4.74 Å². The molecule has 4 aromatic heterocycles. The van der Waals surface area contributed by atoms with Crippen LogP contribution in [0.25, 0.3) is 38.2 Å². The first-order chi connectivity index (χ1) is 15.8. The van der Waals surface area contributed by atoms with Crippen molar-refractivity contribution in [3.8, 4) is 11.4 Å². The fourth-order valence-electron chi connectivity index (χ4n) is 4.78. The monoisotopic (exact) mass is 441 g/mol. The highest BCUT2D eigenvalue weighted by Gasteiger charge is 2.34. The Balaban J connectivity index is 1.38. The minimum Gasteiger partial charge on any atom is -0.378 e. The summed E-state index contributed by atoms with van der Waals surface area (Å²) in [5.74, 6) is 3.23. The number of morpholine rings is 1. The molecule has 0 aromatic carbocycles. The molecule has 1 N–H and O–H groups in total. The number of hydrogen-bond donors (Lipinski definition) is 1. The Morgan fingerprint density at radius 1 is 1.12 bits per heavy atom. The van der Waals surface area contributed by atoms with Crippen molar-refractivity contribution in [2.24, 2.45) is 11.8 Å². The highest BCUT2D eigenvalue weighted by atomic mass is 32.1. The minimum absolute atomic E-state index is 0.716. The van der Waals surface area contributed by atoms with E-state index in [0.29, 0.717) is 5.92 Å². The van der Waals surface area contributed by atoms with Gasteiger partial charge in [-0.05, 0) is 48.4 Å². The second-order valence-electron chi connectivity index (χ2n) is 8.82. The Bertz CT molecular complexity index is 1390. The first-order valence-electron chi connectivity index (χ1n) is 11.3. The van der Waals surface area contributed by atoms with Crippen molar-refractivity contribution in [3.63, 3.8) is 0 Å². The van der Waals surface area contributed by atoms with Crippen molar-refractivity contribution >= 4 is 44.0 Å². The lowest BCUT2D eigenvalue weighted by Crippen LogP contribution is -2.36. The molecule has 160 valence electrons. The molecule has 7 heteroatoms. The average Bonchev–Trinajstić information content (AvgIpc) is 3.23. The highest BCUT2D eigenvalue weighted by Crippen LogP contribution is 2.46. The number of anilines is 1. The van der Waals surface area contributed by atoms with E-state index in [9.17, 15) is 0 Å². The van der Waals surface area contributed by atoms with Crippen LogP contribution in [0.5, 0.6) is 0 Å². The molecular weight excluding hydrogens is 418 g/mol. The maximum Gasteiger partial charge on any atom is 0.163 e. The SMILES string of the molecule is C1=CC2CC2C=C(c2cc3nc(-c4cnc5[nH]ccc5c4)nc(N4CCOCC4)c3s2)C1. The van der Waals surface area contributed by atoms with Crippen LogP contribution in [0.2, 0.25) is 0 Å². The molecule has 32 heavy (non-hydrogen) atoms. The molecule has 2 unspecified atom stereocenters. The van der Waals surface area contributed by atoms with Crippen LogP contribution in [-0.2, 0) is 4.74 Å². The van der Waals surface area contributed by atoms with Crippen LogP contribution in [-0.4, -0.2) is 46.2 Å². The van der Waals surface area contributed by atoms with Crippen LogP contribution in [0.4, 0.5) is 5.82 Å². The molecule has 0 bridgehead atoms. The van der Waals surface area contributed by atoms with Gasteiger partial charge in [0.2, 0.25) is 0 Å². The van der Waals surface area contributed by atoms with E-state index in [1.165, 1.54) is 21.6 Å². The van der Waals surface area contributed by atoms with Crippen molar-refractivity contribution in [1.82, 2.24) is 19.9 Å². The summed E-state index contributed by atoms with van der Waals surface area (Å²) in [6.07, 6.45) is 13.3. The number of pyridine rings is 1. The summed E-state index contributed by atoms with van der Waals surface area (Å²) in [6, 6.07) is 6.41. The van der Waals surface area contributed by atoms with Gasteiger partial charge >= 0.3 is 0 Å². The van der Waals surface area contributed by atoms with Gasteiger partial charge in [-0.25, -0.2) is 15.0 Å².